The van der Waals surface area contributed by atoms with Crippen molar-refractivity contribution in [1.29, 1.82) is 0 Å². The van der Waals surface area contributed by atoms with Gasteiger partial charge in [0.25, 0.3) is 5.89 Å². The molecular formula is C8H6ClN3O2. The topological polar surface area (TPSA) is 72.0 Å². The summed E-state index contributed by atoms with van der Waals surface area (Å²) >= 11 is 5.86. The molecule has 0 unspecified atom stereocenters. The molecule has 0 spiro atoms. The lowest BCUT2D eigenvalue weighted by molar-refractivity contribution is 0.264. The Morgan fingerprint density at radius 1 is 1.50 bits per heavy atom. The maximum Gasteiger partial charge on any atom is 0.259 e. The minimum absolute atomic E-state index is 0.230. The number of rotatable bonds is 2. The van der Waals surface area contributed by atoms with Crippen LogP contribution < -0.4 is 0 Å². The first-order valence-corrected chi connectivity index (χ1v) is 4.22. The third-order valence-corrected chi connectivity index (χ3v) is 1.91. The average Bonchev–Trinajstić information content (AvgIpc) is 2.67. The minimum atomic E-state index is -0.258. The first-order valence-electron chi connectivity index (χ1n) is 3.84. The van der Waals surface area contributed by atoms with Crippen molar-refractivity contribution in [3.63, 3.8) is 0 Å². The van der Waals surface area contributed by atoms with Crippen molar-refractivity contribution >= 4 is 11.6 Å². The van der Waals surface area contributed by atoms with Gasteiger partial charge in [-0.1, -0.05) is 16.8 Å². The van der Waals surface area contributed by atoms with Gasteiger partial charge in [-0.25, -0.2) is 0 Å². The largest absolute Gasteiger partial charge is 0.388 e. The summed E-state index contributed by atoms with van der Waals surface area (Å²) in [4.78, 5) is 7.75. The average molecular weight is 212 g/mol. The van der Waals surface area contributed by atoms with Gasteiger partial charge in [0.15, 0.2) is 5.82 Å². The molecule has 0 aromatic carbocycles. The van der Waals surface area contributed by atoms with E-state index in [-0.39, 0.29) is 18.3 Å². The van der Waals surface area contributed by atoms with E-state index in [1.165, 1.54) is 6.20 Å². The molecule has 6 heteroatoms. The van der Waals surface area contributed by atoms with Gasteiger partial charge in [-0.3, -0.25) is 4.98 Å². The van der Waals surface area contributed by atoms with E-state index >= 15 is 0 Å². The fourth-order valence-electron chi connectivity index (χ4n) is 0.976. The molecule has 0 radical (unpaired) electrons. The highest BCUT2D eigenvalue weighted by atomic mass is 35.5. The molecule has 0 aliphatic rings. The lowest BCUT2D eigenvalue weighted by Crippen LogP contribution is -1.85. The van der Waals surface area contributed by atoms with Gasteiger partial charge >= 0.3 is 0 Å². The Bertz CT molecular complexity index is 444. The van der Waals surface area contributed by atoms with Gasteiger partial charge in [-0.2, -0.15) is 4.98 Å². The zero-order valence-electron chi connectivity index (χ0n) is 7.01. The number of nitrogens with zero attached hydrogens (tertiary/aromatic N) is 3. The summed E-state index contributed by atoms with van der Waals surface area (Å²) in [6, 6.07) is 1.66. The van der Waals surface area contributed by atoms with Crippen molar-refractivity contribution in [1.82, 2.24) is 15.1 Å². The molecule has 0 fully saturated rings. The van der Waals surface area contributed by atoms with Crippen molar-refractivity contribution in [3.8, 4) is 11.5 Å². The molecule has 0 amide bonds. The Morgan fingerprint density at radius 2 is 2.36 bits per heavy atom. The van der Waals surface area contributed by atoms with E-state index < -0.39 is 0 Å². The van der Waals surface area contributed by atoms with E-state index in [0.29, 0.717) is 10.6 Å². The Balaban J connectivity index is 2.44. The second-order valence-corrected chi connectivity index (χ2v) is 2.94. The highest BCUT2D eigenvalue weighted by Gasteiger charge is 2.10. The lowest BCUT2D eigenvalue weighted by Gasteiger charge is -1.94. The zero-order valence-corrected chi connectivity index (χ0v) is 7.77. The first kappa shape index (κ1) is 9.11. The van der Waals surface area contributed by atoms with Crippen molar-refractivity contribution < 1.29 is 9.63 Å². The van der Waals surface area contributed by atoms with Gasteiger partial charge in [-0.05, 0) is 6.07 Å². The fourth-order valence-corrected chi connectivity index (χ4v) is 1.18. The Hall–Kier alpha value is -1.46. The van der Waals surface area contributed by atoms with E-state index in [9.17, 15) is 0 Å². The normalized spacial score (nSPS) is 10.4. The van der Waals surface area contributed by atoms with E-state index in [1.807, 2.05) is 0 Å². The van der Waals surface area contributed by atoms with Crippen LogP contribution in [0.25, 0.3) is 11.5 Å². The van der Waals surface area contributed by atoms with Gasteiger partial charge in [0, 0.05) is 12.4 Å². The molecule has 0 bridgehead atoms. The van der Waals surface area contributed by atoms with Crippen LogP contribution in [0.5, 0.6) is 0 Å². The SMILES string of the molecule is OCc1noc(-c2ccncc2Cl)n1. The Kier molecular flexibility index (Phi) is 2.43. The van der Waals surface area contributed by atoms with Crippen LogP contribution in [0.4, 0.5) is 0 Å². The molecule has 2 aromatic rings. The van der Waals surface area contributed by atoms with Crippen molar-refractivity contribution in [2.24, 2.45) is 0 Å². The summed E-state index contributed by atoms with van der Waals surface area (Å²) in [6.07, 6.45) is 3.06. The van der Waals surface area contributed by atoms with Gasteiger partial charge in [0.2, 0.25) is 0 Å². The molecule has 2 aromatic heterocycles. The number of aliphatic hydroxyl groups excluding tert-OH is 1. The third kappa shape index (κ3) is 1.59. The van der Waals surface area contributed by atoms with E-state index in [0.717, 1.165) is 0 Å². The Labute approximate surface area is 84.4 Å². The molecule has 0 saturated carbocycles. The number of aromatic nitrogens is 3. The summed E-state index contributed by atoms with van der Waals surface area (Å²) in [5, 5.41) is 12.7. The molecular weight excluding hydrogens is 206 g/mol. The maximum atomic E-state index is 8.74. The Morgan fingerprint density at radius 3 is 3.00 bits per heavy atom. The molecule has 0 aliphatic carbocycles. The van der Waals surface area contributed by atoms with Crippen LogP contribution in [0.2, 0.25) is 5.02 Å². The molecule has 0 atom stereocenters. The highest BCUT2D eigenvalue weighted by molar-refractivity contribution is 6.32. The van der Waals surface area contributed by atoms with Crippen LogP contribution in [-0.4, -0.2) is 20.2 Å². The molecule has 0 saturated heterocycles. The molecule has 2 rings (SSSR count). The third-order valence-electron chi connectivity index (χ3n) is 1.61. The summed E-state index contributed by atoms with van der Waals surface area (Å²) in [6.45, 7) is -0.258. The number of pyridine rings is 1. The molecule has 0 aliphatic heterocycles. The van der Waals surface area contributed by atoms with E-state index in [4.69, 9.17) is 21.2 Å². The van der Waals surface area contributed by atoms with Crippen molar-refractivity contribution in [3.05, 3.63) is 29.3 Å². The summed E-state index contributed by atoms with van der Waals surface area (Å²) in [5.41, 5.74) is 0.605. The van der Waals surface area contributed by atoms with Crippen LogP contribution in [0.1, 0.15) is 5.82 Å². The predicted molar refractivity (Wildman–Crippen MR) is 48.5 cm³/mol. The van der Waals surface area contributed by atoms with Gasteiger partial charge in [0.05, 0.1) is 10.6 Å². The maximum absolute atomic E-state index is 8.74. The van der Waals surface area contributed by atoms with Crippen LogP contribution >= 0.6 is 11.6 Å². The second kappa shape index (κ2) is 3.73. The monoisotopic (exact) mass is 211 g/mol. The van der Waals surface area contributed by atoms with E-state index in [1.54, 1.807) is 12.3 Å². The van der Waals surface area contributed by atoms with E-state index in [2.05, 4.69) is 15.1 Å². The lowest BCUT2D eigenvalue weighted by atomic mass is 10.3. The van der Waals surface area contributed by atoms with Crippen LogP contribution in [0.3, 0.4) is 0 Å². The summed E-state index contributed by atoms with van der Waals surface area (Å²) in [7, 11) is 0. The molecule has 72 valence electrons. The highest BCUT2D eigenvalue weighted by Crippen LogP contribution is 2.24. The number of hydrogen-bond acceptors (Lipinski definition) is 5. The van der Waals surface area contributed by atoms with Crippen LogP contribution in [-0.2, 0) is 6.61 Å². The standard InChI is InChI=1S/C8H6ClN3O2/c9-6-3-10-2-1-5(6)8-11-7(4-13)12-14-8/h1-3,13H,4H2. The van der Waals surface area contributed by atoms with Gasteiger partial charge in [-0.15, -0.1) is 0 Å². The van der Waals surface area contributed by atoms with Crippen molar-refractivity contribution in [2.45, 2.75) is 6.61 Å². The molecule has 1 N–H and O–H groups in total. The number of halogens is 1. The summed E-state index contributed by atoms with van der Waals surface area (Å²) in [5.74, 6) is 0.509. The fraction of sp³-hybridized carbons (Fsp3) is 0.125. The summed E-state index contributed by atoms with van der Waals surface area (Å²) < 4.78 is 4.89. The quantitative estimate of drug-likeness (QED) is 0.810. The smallest absolute Gasteiger partial charge is 0.259 e. The van der Waals surface area contributed by atoms with Gasteiger partial charge in [0.1, 0.15) is 6.61 Å². The molecule has 14 heavy (non-hydrogen) atoms. The number of hydrogen-bond donors (Lipinski definition) is 1. The number of aliphatic hydroxyl groups is 1. The minimum Gasteiger partial charge on any atom is -0.388 e. The second-order valence-electron chi connectivity index (χ2n) is 2.53. The van der Waals surface area contributed by atoms with Gasteiger partial charge < -0.3 is 9.63 Å². The van der Waals surface area contributed by atoms with Crippen molar-refractivity contribution in [2.75, 3.05) is 0 Å². The van der Waals surface area contributed by atoms with Crippen LogP contribution in [0, 0.1) is 0 Å². The predicted octanol–water partition coefficient (Wildman–Crippen LogP) is 1.28. The van der Waals surface area contributed by atoms with Crippen LogP contribution in [0.15, 0.2) is 23.0 Å². The molecule has 2 heterocycles. The first-order chi connectivity index (χ1) is 6.81. The zero-order chi connectivity index (χ0) is 9.97. The molecule has 5 nitrogen and oxygen atoms in total.